The first kappa shape index (κ1) is 15.6. The van der Waals surface area contributed by atoms with Crippen LogP contribution in [0.2, 0.25) is 0 Å². The Balaban J connectivity index is 2.77. The molecule has 0 aliphatic rings. The van der Waals surface area contributed by atoms with Crippen molar-refractivity contribution in [2.24, 2.45) is 0 Å². The molecule has 0 spiro atoms. The molecule has 0 aliphatic heterocycles. The van der Waals surface area contributed by atoms with Gasteiger partial charge in [-0.25, -0.2) is 9.59 Å². The summed E-state index contributed by atoms with van der Waals surface area (Å²) in [4.78, 5) is 22.3. The molecule has 8 nitrogen and oxygen atoms in total. The van der Waals surface area contributed by atoms with E-state index in [1.54, 1.807) is 6.07 Å². The fourth-order valence-electron chi connectivity index (χ4n) is 1.39. The number of amides is 2. The molecule has 20 heavy (non-hydrogen) atoms. The Morgan fingerprint density at radius 2 is 1.75 bits per heavy atom. The van der Waals surface area contributed by atoms with Gasteiger partial charge in [0.1, 0.15) is 11.5 Å². The highest BCUT2D eigenvalue weighted by Crippen LogP contribution is 2.25. The Morgan fingerprint density at radius 1 is 1.20 bits per heavy atom. The van der Waals surface area contributed by atoms with Crippen LogP contribution in [0.1, 0.15) is 0 Å². The summed E-state index contributed by atoms with van der Waals surface area (Å²) in [7, 11) is 2.93. The quantitative estimate of drug-likeness (QED) is 0.595. The number of hydrogen-bond acceptors (Lipinski definition) is 5. The van der Waals surface area contributed by atoms with E-state index in [-0.39, 0.29) is 0 Å². The van der Waals surface area contributed by atoms with Crippen molar-refractivity contribution in [1.29, 1.82) is 0 Å². The van der Waals surface area contributed by atoms with Crippen molar-refractivity contribution in [3.05, 3.63) is 18.2 Å². The highest BCUT2D eigenvalue weighted by Gasteiger charge is 2.18. The second kappa shape index (κ2) is 7.19. The van der Waals surface area contributed by atoms with E-state index in [1.165, 1.54) is 26.4 Å². The largest absolute Gasteiger partial charge is 0.497 e. The third kappa shape index (κ3) is 4.32. The first-order valence-electron chi connectivity index (χ1n) is 5.64. The minimum atomic E-state index is -1.37. The average molecular weight is 284 g/mol. The van der Waals surface area contributed by atoms with Crippen molar-refractivity contribution >= 4 is 17.7 Å². The van der Waals surface area contributed by atoms with Gasteiger partial charge in [0.05, 0.1) is 20.8 Å². The highest BCUT2D eigenvalue weighted by atomic mass is 16.5. The summed E-state index contributed by atoms with van der Waals surface area (Å²) in [5, 5.41) is 22.1. The van der Waals surface area contributed by atoms with Gasteiger partial charge in [-0.05, 0) is 0 Å². The van der Waals surface area contributed by atoms with Crippen molar-refractivity contribution in [2.45, 2.75) is 6.04 Å². The van der Waals surface area contributed by atoms with Crippen LogP contribution in [0, 0.1) is 0 Å². The van der Waals surface area contributed by atoms with Crippen LogP contribution in [0.25, 0.3) is 0 Å². The van der Waals surface area contributed by atoms with E-state index < -0.39 is 24.6 Å². The van der Waals surface area contributed by atoms with E-state index in [9.17, 15) is 9.59 Å². The number of methoxy groups -OCH3 is 2. The maximum Gasteiger partial charge on any atom is 0.328 e. The molecule has 1 aromatic rings. The second-order valence-corrected chi connectivity index (χ2v) is 3.77. The van der Waals surface area contributed by atoms with Gasteiger partial charge in [-0.15, -0.1) is 0 Å². The number of urea groups is 1. The van der Waals surface area contributed by atoms with Crippen LogP contribution < -0.4 is 20.1 Å². The Kier molecular flexibility index (Phi) is 5.60. The van der Waals surface area contributed by atoms with Gasteiger partial charge >= 0.3 is 12.0 Å². The maximum atomic E-state index is 11.6. The molecule has 0 fully saturated rings. The van der Waals surface area contributed by atoms with E-state index in [0.717, 1.165) is 0 Å². The van der Waals surface area contributed by atoms with Crippen LogP contribution in [0.3, 0.4) is 0 Å². The van der Waals surface area contributed by atoms with E-state index in [1.807, 2.05) is 0 Å². The molecule has 0 unspecified atom stereocenters. The SMILES string of the molecule is COc1cc(NC(=O)N[C@@H](CO)C(=O)O)cc(OC)c1. The second-order valence-electron chi connectivity index (χ2n) is 3.77. The van der Waals surface area contributed by atoms with Crippen LogP contribution in [-0.2, 0) is 4.79 Å². The molecule has 0 aromatic heterocycles. The zero-order chi connectivity index (χ0) is 15.1. The fourth-order valence-corrected chi connectivity index (χ4v) is 1.39. The third-order valence-corrected chi connectivity index (χ3v) is 2.40. The van der Waals surface area contributed by atoms with Crippen molar-refractivity contribution in [1.82, 2.24) is 5.32 Å². The lowest BCUT2D eigenvalue weighted by Crippen LogP contribution is -2.45. The van der Waals surface area contributed by atoms with Gasteiger partial charge < -0.3 is 30.3 Å². The number of carbonyl (C=O) groups is 2. The third-order valence-electron chi connectivity index (χ3n) is 2.40. The van der Waals surface area contributed by atoms with Gasteiger partial charge in [-0.2, -0.15) is 0 Å². The molecule has 0 radical (unpaired) electrons. The van der Waals surface area contributed by atoms with E-state index in [2.05, 4.69) is 10.6 Å². The molecule has 4 N–H and O–H groups in total. The standard InChI is InChI=1S/C12H16N2O6/c1-19-8-3-7(4-9(5-8)20-2)13-12(18)14-10(6-15)11(16)17/h3-5,10,15H,6H2,1-2H3,(H,16,17)(H2,13,14,18)/t10-/m0/s1. The van der Waals surface area contributed by atoms with Crippen LogP contribution in [-0.4, -0.2) is 49.1 Å². The fraction of sp³-hybridized carbons (Fsp3) is 0.333. The number of carbonyl (C=O) groups excluding carboxylic acids is 1. The summed E-state index contributed by atoms with van der Waals surface area (Å²) >= 11 is 0. The van der Waals surface area contributed by atoms with Crippen molar-refractivity contribution < 1.29 is 29.3 Å². The van der Waals surface area contributed by atoms with Gasteiger partial charge in [-0.1, -0.05) is 0 Å². The number of ether oxygens (including phenoxy) is 2. The highest BCUT2D eigenvalue weighted by molar-refractivity contribution is 5.92. The average Bonchev–Trinajstić information content (AvgIpc) is 2.43. The summed E-state index contributed by atoms with van der Waals surface area (Å²) in [5.74, 6) is -0.390. The van der Waals surface area contributed by atoms with Gasteiger partial charge in [0.15, 0.2) is 6.04 Å². The number of aliphatic hydroxyl groups excluding tert-OH is 1. The monoisotopic (exact) mass is 284 g/mol. The summed E-state index contributed by atoms with van der Waals surface area (Å²) in [6.45, 7) is -0.704. The molecule has 0 aliphatic carbocycles. The van der Waals surface area contributed by atoms with E-state index in [4.69, 9.17) is 19.7 Å². The molecule has 2 amide bonds. The molecule has 1 atom stereocenters. The number of carboxylic acids is 1. The number of anilines is 1. The molecular formula is C12H16N2O6. The molecular weight excluding hydrogens is 268 g/mol. The minimum Gasteiger partial charge on any atom is -0.497 e. The lowest BCUT2D eigenvalue weighted by molar-refractivity contribution is -0.140. The Labute approximate surface area is 115 Å². The van der Waals surface area contributed by atoms with Gasteiger partial charge in [0.25, 0.3) is 0 Å². The number of hydrogen-bond donors (Lipinski definition) is 4. The Hall–Kier alpha value is -2.48. The Bertz CT molecular complexity index is 469. The number of nitrogens with one attached hydrogen (secondary N) is 2. The minimum absolute atomic E-state index is 0.362. The topological polar surface area (TPSA) is 117 Å². The van der Waals surface area contributed by atoms with Gasteiger partial charge in [0.2, 0.25) is 0 Å². The summed E-state index contributed by atoms with van der Waals surface area (Å²) in [5.41, 5.74) is 0.362. The molecule has 110 valence electrons. The van der Waals surface area contributed by atoms with Gasteiger partial charge in [0, 0.05) is 23.9 Å². The zero-order valence-electron chi connectivity index (χ0n) is 11.0. The first-order chi connectivity index (χ1) is 9.49. The number of rotatable bonds is 6. The van der Waals surface area contributed by atoms with E-state index in [0.29, 0.717) is 17.2 Å². The van der Waals surface area contributed by atoms with Crippen LogP contribution in [0.5, 0.6) is 11.5 Å². The van der Waals surface area contributed by atoms with Crippen LogP contribution >= 0.6 is 0 Å². The number of benzene rings is 1. The Morgan fingerprint density at radius 3 is 2.15 bits per heavy atom. The lowest BCUT2D eigenvalue weighted by Gasteiger charge is -2.13. The number of aliphatic carboxylic acids is 1. The van der Waals surface area contributed by atoms with Crippen molar-refractivity contribution in [3.8, 4) is 11.5 Å². The molecule has 0 saturated heterocycles. The molecule has 1 aromatic carbocycles. The number of carboxylic acid groups (broad SMARTS) is 1. The smallest absolute Gasteiger partial charge is 0.328 e. The summed E-state index contributed by atoms with van der Waals surface area (Å²) < 4.78 is 10.1. The van der Waals surface area contributed by atoms with Crippen molar-refractivity contribution in [3.63, 3.8) is 0 Å². The summed E-state index contributed by atoms with van der Waals surface area (Å²) in [6, 6.07) is 2.56. The van der Waals surface area contributed by atoms with Crippen LogP contribution in [0.15, 0.2) is 18.2 Å². The van der Waals surface area contributed by atoms with Gasteiger partial charge in [-0.3, -0.25) is 0 Å². The molecule has 0 saturated carbocycles. The lowest BCUT2D eigenvalue weighted by atomic mass is 10.2. The predicted octanol–water partition coefficient (Wildman–Crippen LogP) is 0.271. The van der Waals surface area contributed by atoms with E-state index >= 15 is 0 Å². The molecule has 1 rings (SSSR count). The molecule has 0 bridgehead atoms. The van der Waals surface area contributed by atoms with Crippen LogP contribution in [0.4, 0.5) is 10.5 Å². The maximum absolute atomic E-state index is 11.6. The molecule has 8 heteroatoms. The summed E-state index contributed by atoms with van der Waals surface area (Å²) in [6.07, 6.45) is 0. The first-order valence-corrected chi connectivity index (χ1v) is 5.64. The van der Waals surface area contributed by atoms with Crippen molar-refractivity contribution in [2.75, 3.05) is 26.1 Å². The normalized spacial score (nSPS) is 11.3. The zero-order valence-corrected chi connectivity index (χ0v) is 11.0. The predicted molar refractivity (Wildman–Crippen MR) is 70.2 cm³/mol. The molecule has 0 heterocycles. The number of aliphatic hydroxyl groups is 1.